The van der Waals surface area contributed by atoms with Crippen molar-refractivity contribution in [2.75, 3.05) is 39.6 Å². The summed E-state index contributed by atoms with van der Waals surface area (Å²) in [5, 5.41) is 3.57. The Hall–Kier alpha value is -2.41. The Kier molecular flexibility index (Phi) is 17.6. The molecule has 1 heterocycles. The van der Waals surface area contributed by atoms with Crippen molar-refractivity contribution in [3.05, 3.63) is 40.8 Å². The topological polar surface area (TPSA) is 117 Å². The number of alkyl halides is 3. The third-order valence-corrected chi connectivity index (χ3v) is 6.61. The van der Waals surface area contributed by atoms with E-state index in [9.17, 15) is 13.2 Å². The number of azide groups is 1. The van der Waals surface area contributed by atoms with Crippen LogP contribution in [0.2, 0.25) is 0 Å². The van der Waals surface area contributed by atoms with Gasteiger partial charge in [-0.05, 0) is 42.8 Å². The highest BCUT2D eigenvalue weighted by Gasteiger charge is 2.52. The Morgan fingerprint density at radius 1 is 0.930 bits per heavy atom. The van der Waals surface area contributed by atoms with Gasteiger partial charge in [0.05, 0.1) is 12.3 Å². The molecule has 1 aromatic carbocycles. The quantitative estimate of drug-likeness (QED) is 0.0373. The molecule has 1 aliphatic heterocycles. The van der Waals surface area contributed by atoms with Crippen LogP contribution in [-0.4, -0.2) is 82.4 Å². The number of aliphatic imine (C=N–C) groups is 1. The number of para-hydroxylation sites is 1. The Morgan fingerprint density at radius 2 is 1.51 bits per heavy atom. The van der Waals surface area contributed by atoms with Gasteiger partial charge in [-0.3, -0.25) is 0 Å². The van der Waals surface area contributed by atoms with Gasteiger partial charge >= 0.3 is 6.18 Å². The summed E-state index contributed by atoms with van der Waals surface area (Å²) >= 11 is 0. The minimum atomic E-state index is -4.90. The fourth-order valence-corrected chi connectivity index (χ4v) is 4.27. The van der Waals surface area contributed by atoms with Gasteiger partial charge in [-0.2, -0.15) is 13.2 Å². The summed E-state index contributed by atoms with van der Waals surface area (Å²) < 4.78 is 79.1. The number of ether oxygens (including phenoxy) is 6. The fourth-order valence-electron chi connectivity index (χ4n) is 4.27. The molecule has 3 unspecified atom stereocenters. The van der Waals surface area contributed by atoms with Crippen LogP contribution < -0.4 is 0 Å². The van der Waals surface area contributed by atoms with E-state index in [-0.39, 0.29) is 38.0 Å². The minimum absolute atomic E-state index is 0.0102. The van der Waals surface area contributed by atoms with E-state index in [1.807, 2.05) is 27.7 Å². The predicted molar refractivity (Wildman–Crippen MR) is 157 cm³/mol. The van der Waals surface area contributed by atoms with Crippen molar-refractivity contribution in [3.63, 3.8) is 0 Å². The maximum atomic E-state index is 14.2. The summed E-state index contributed by atoms with van der Waals surface area (Å²) in [6.45, 7) is 9.42. The van der Waals surface area contributed by atoms with Gasteiger partial charge < -0.3 is 28.4 Å². The molecule has 1 saturated heterocycles. The molecule has 0 amide bonds. The summed E-state index contributed by atoms with van der Waals surface area (Å²) in [4.78, 5) is 6.54. The molecular weight excluding hydrogens is 569 g/mol. The largest absolute Gasteiger partial charge is 0.468 e. The van der Waals surface area contributed by atoms with Crippen molar-refractivity contribution in [2.24, 2.45) is 16.0 Å². The number of nitrogens with zero attached hydrogens (tertiary/aromatic N) is 4. The predicted octanol–water partition coefficient (Wildman–Crippen LogP) is 7.54. The second-order valence-corrected chi connectivity index (χ2v) is 10.5. The van der Waals surface area contributed by atoms with E-state index in [0.717, 1.165) is 32.1 Å². The van der Waals surface area contributed by atoms with Crippen LogP contribution in [0.25, 0.3) is 10.4 Å². The second kappa shape index (κ2) is 20.5. The molecule has 13 heteroatoms. The van der Waals surface area contributed by atoms with Crippen LogP contribution in [0.15, 0.2) is 40.4 Å². The van der Waals surface area contributed by atoms with Gasteiger partial charge in [0.25, 0.3) is 5.90 Å². The van der Waals surface area contributed by atoms with Crippen LogP contribution in [0.4, 0.5) is 18.9 Å². The number of unbranched alkanes of at least 4 members (excludes halogenated alkanes) is 3. The molecule has 43 heavy (non-hydrogen) atoms. The van der Waals surface area contributed by atoms with Crippen LogP contribution in [0.5, 0.6) is 0 Å². The molecule has 0 N–H and O–H groups in total. The normalized spacial score (nSPS) is 23.5. The smallest absolute Gasteiger partial charge is 0.441 e. The highest BCUT2D eigenvalue weighted by atomic mass is 19.4. The zero-order valence-electron chi connectivity index (χ0n) is 25.7. The maximum absolute atomic E-state index is 14.2. The summed E-state index contributed by atoms with van der Waals surface area (Å²) in [5.74, 6) is -1.53. The first-order chi connectivity index (χ1) is 20.7. The molecule has 1 fully saturated rings. The molecule has 0 aliphatic carbocycles. The van der Waals surface area contributed by atoms with Crippen LogP contribution in [0, 0.1) is 5.92 Å². The van der Waals surface area contributed by atoms with Crippen LogP contribution >= 0.6 is 0 Å². The molecule has 1 aromatic rings. The number of benzene rings is 1. The van der Waals surface area contributed by atoms with Gasteiger partial charge in [-0.1, -0.05) is 70.3 Å². The van der Waals surface area contributed by atoms with Crippen molar-refractivity contribution in [1.82, 2.24) is 0 Å². The van der Waals surface area contributed by atoms with Gasteiger partial charge in [-0.25, -0.2) is 4.99 Å². The molecule has 244 valence electrons. The van der Waals surface area contributed by atoms with Crippen molar-refractivity contribution in [3.8, 4) is 0 Å². The minimum Gasteiger partial charge on any atom is -0.441 e. The Morgan fingerprint density at radius 3 is 2.07 bits per heavy atom. The van der Waals surface area contributed by atoms with Crippen LogP contribution in [0.3, 0.4) is 0 Å². The number of halogens is 3. The number of hydrogen-bond donors (Lipinski definition) is 0. The van der Waals surface area contributed by atoms with Crippen LogP contribution in [-0.2, 0) is 28.4 Å². The molecule has 0 radical (unpaired) electrons. The van der Waals surface area contributed by atoms with Gasteiger partial charge in [0.2, 0.25) is 6.29 Å². The summed E-state index contributed by atoms with van der Waals surface area (Å²) in [5.41, 5.74) is 8.69. The monoisotopic (exact) mass is 616 g/mol. The first-order valence-corrected chi connectivity index (χ1v) is 15.2. The summed E-state index contributed by atoms with van der Waals surface area (Å²) in [6, 6.07) is 7.77. The zero-order chi connectivity index (χ0) is 31.5. The van der Waals surface area contributed by atoms with Crippen molar-refractivity contribution in [2.45, 2.75) is 103 Å². The van der Waals surface area contributed by atoms with E-state index in [4.69, 9.17) is 34.0 Å². The highest BCUT2D eigenvalue weighted by molar-refractivity contribution is 5.84. The molecule has 10 nitrogen and oxygen atoms in total. The first kappa shape index (κ1) is 36.8. The van der Waals surface area contributed by atoms with E-state index in [1.165, 1.54) is 12.1 Å². The zero-order valence-corrected chi connectivity index (χ0v) is 25.7. The van der Waals surface area contributed by atoms with E-state index in [0.29, 0.717) is 19.6 Å². The summed E-state index contributed by atoms with van der Waals surface area (Å²) in [6.07, 6.45) is -4.97. The number of hydrogen-bond acceptors (Lipinski definition) is 8. The third kappa shape index (κ3) is 13.4. The average Bonchev–Trinajstić information content (AvgIpc) is 2.98. The molecule has 0 aromatic heterocycles. The Balaban J connectivity index is 2.45. The highest BCUT2D eigenvalue weighted by Crippen LogP contribution is 2.33. The SMILES string of the molecule is CCCCOC1[C@H](OC(=Nc2ccccc2)C(F)(F)F)OC(COCC(C)CN=[N+]=[N-])[C@@H](OCCCC)[C@@H]1OCCCC. The fraction of sp³-hybridized carbons (Fsp3) is 0.767. The Labute approximate surface area is 252 Å². The molecule has 2 rings (SSSR count). The second-order valence-electron chi connectivity index (χ2n) is 10.5. The molecule has 0 saturated carbocycles. The molecule has 1 aliphatic rings. The van der Waals surface area contributed by atoms with Gasteiger partial charge in [-0.15, -0.1) is 0 Å². The first-order valence-electron chi connectivity index (χ1n) is 15.2. The maximum Gasteiger partial charge on any atom is 0.468 e. The standard InChI is InChI=1S/C30H47F3N4O6/c1-5-8-16-39-25-24(21-38-20-22(4)19-35-37-34)42-28(27(41-18-10-7-3)26(25)40-17-9-6-2)43-29(30(31,32)33)36-23-14-12-11-13-15-23/h11-15,22,24-28H,5-10,16-21H2,1-4H3/t22?,24?,25-,26+,27?,28+/m1/s1. The average molecular weight is 617 g/mol. The van der Waals surface area contributed by atoms with E-state index in [1.54, 1.807) is 18.2 Å². The molecular formula is C30H47F3N4O6. The summed E-state index contributed by atoms with van der Waals surface area (Å²) in [7, 11) is 0. The Bertz CT molecular complexity index is 965. The molecule has 0 bridgehead atoms. The van der Waals surface area contributed by atoms with E-state index < -0.39 is 42.8 Å². The van der Waals surface area contributed by atoms with Crippen LogP contribution in [0.1, 0.15) is 66.2 Å². The van der Waals surface area contributed by atoms with Gasteiger partial charge in [0, 0.05) is 37.9 Å². The van der Waals surface area contributed by atoms with Gasteiger partial charge in [0.1, 0.15) is 24.4 Å². The number of rotatable bonds is 20. The lowest BCUT2D eigenvalue weighted by molar-refractivity contribution is -0.311. The van der Waals surface area contributed by atoms with Crippen molar-refractivity contribution >= 4 is 11.6 Å². The lowest BCUT2D eigenvalue weighted by Gasteiger charge is -2.45. The van der Waals surface area contributed by atoms with E-state index >= 15 is 0 Å². The molecule has 0 spiro atoms. The third-order valence-electron chi connectivity index (χ3n) is 6.61. The van der Waals surface area contributed by atoms with E-state index in [2.05, 4.69) is 15.0 Å². The van der Waals surface area contributed by atoms with Gasteiger partial charge in [0.15, 0.2) is 0 Å². The molecule has 6 atom stereocenters. The lowest BCUT2D eigenvalue weighted by atomic mass is 9.98. The van der Waals surface area contributed by atoms with Crippen molar-refractivity contribution in [1.29, 1.82) is 0 Å². The lowest BCUT2D eigenvalue weighted by Crippen LogP contribution is -2.62. The van der Waals surface area contributed by atoms with Crippen molar-refractivity contribution < 1.29 is 41.6 Å².